The molecule has 0 saturated carbocycles. The molecule has 0 amide bonds. The van der Waals surface area contributed by atoms with Gasteiger partial charge >= 0.3 is 0 Å². The van der Waals surface area contributed by atoms with Crippen LogP contribution in [0.4, 0.5) is 16.0 Å². The highest BCUT2D eigenvalue weighted by Crippen LogP contribution is 2.13. The molecule has 5 nitrogen and oxygen atoms in total. The van der Waals surface area contributed by atoms with Crippen molar-refractivity contribution in [2.24, 2.45) is 0 Å². The molecular formula is C16H12ClFN4O. The van der Waals surface area contributed by atoms with E-state index < -0.39 is 0 Å². The van der Waals surface area contributed by atoms with E-state index >= 15 is 0 Å². The second-order valence-corrected chi connectivity index (χ2v) is 5.32. The molecule has 0 bridgehead atoms. The van der Waals surface area contributed by atoms with Gasteiger partial charge in [0.05, 0.1) is 0 Å². The molecular weight excluding hydrogens is 319 g/mol. The van der Waals surface area contributed by atoms with E-state index in [1.165, 1.54) is 24.3 Å². The molecule has 0 spiro atoms. The zero-order valence-corrected chi connectivity index (χ0v) is 12.6. The third-order valence-electron chi connectivity index (χ3n) is 3.16. The number of halogens is 2. The molecule has 3 rings (SSSR count). The van der Waals surface area contributed by atoms with Crippen LogP contribution in [0.5, 0.6) is 0 Å². The van der Waals surface area contributed by atoms with Crippen molar-refractivity contribution in [3.8, 4) is 0 Å². The topological polar surface area (TPSA) is 70.7 Å². The van der Waals surface area contributed by atoms with Gasteiger partial charge in [-0.2, -0.15) is 0 Å². The Morgan fingerprint density at radius 2 is 1.74 bits per heavy atom. The van der Waals surface area contributed by atoms with Crippen LogP contribution >= 0.6 is 11.6 Å². The molecule has 0 aliphatic rings. The van der Waals surface area contributed by atoms with E-state index in [-0.39, 0.29) is 17.3 Å². The first-order valence-electron chi connectivity index (χ1n) is 6.83. The summed E-state index contributed by atoms with van der Waals surface area (Å²) in [5.74, 6) is -0.144. The summed E-state index contributed by atoms with van der Waals surface area (Å²) in [6, 6.07) is 12.9. The normalized spacial score (nSPS) is 10.5. The molecule has 1 heterocycles. The fourth-order valence-corrected chi connectivity index (χ4v) is 2.12. The van der Waals surface area contributed by atoms with Crippen LogP contribution in [0.15, 0.2) is 53.3 Å². The molecule has 0 aliphatic carbocycles. The molecule has 2 N–H and O–H groups in total. The minimum Gasteiger partial charge on any atom is -0.324 e. The number of aromatic nitrogens is 3. The molecule has 0 saturated heterocycles. The predicted molar refractivity (Wildman–Crippen MR) is 86.6 cm³/mol. The Morgan fingerprint density at radius 3 is 2.39 bits per heavy atom. The van der Waals surface area contributed by atoms with Crippen molar-refractivity contribution < 1.29 is 4.39 Å². The van der Waals surface area contributed by atoms with Gasteiger partial charge in [0.2, 0.25) is 5.95 Å². The van der Waals surface area contributed by atoms with Gasteiger partial charge in [-0.3, -0.25) is 9.78 Å². The molecule has 3 aromatic rings. The quantitative estimate of drug-likeness (QED) is 0.770. The number of hydrogen-bond acceptors (Lipinski definition) is 4. The zero-order valence-electron chi connectivity index (χ0n) is 11.9. The first-order chi connectivity index (χ1) is 11.1. The summed E-state index contributed by atoms with van der Waals surface area (Å²) in [6.07, 6.45) is 0.357. The van der Waals surface area contributed by atoms with E-state index in [9.17, 15) is 9.18 Å². The minimum atomic E-state index is -0.339. The standard InChI is InChI=1S/C16H12ClFN4O/c17-11-3-1-10(2-4-11)9-14-15(23)20-16(22-21-14)19-13-7-5-12(18)6-8-13/h1-8H,9H2,(H2,19,20,22,23). The number of nitrogens with zero attached hydrogens (tertiary/aromatic N) is 2. The average molecular weight is 331 g/mol. The Kier molecular flexibility index (Phi) is 4.34. The monoisotopic (exact) mass is 330 g/mol. The van der Waals surface area contributed by atoms with Crippen molar-refractivity contribution in [2.45, 2.75) is 6.42 Å². The van der Waals surface area contributed by atoms with Crippen LogP contribution in [-0.4, -0.2) is 15.2 Å². The van der Waals surface area contributed by atoms with E-state index in [1.54, 1.807) is 12.1 Å². The molecule has 0 radical (unpaired) electrons. The van der Waals surface area contributed by atoms with Gasteiger partial charge in [-0.25, -0.2) is 4.39 Å². The van der Waals surface area contributed by atoms with Crippen molar-refractivity contribution in [1.82, 2.24) is 15.2 Å². The summed E-state index contributed by atoms with van der Waals surface area (Å²) in [5.41, 5.74) is 1.48. The zero-order chi connectivity index (χ0) is 16.2. The van der Waals surface area contributed by atoms with Crippen LogP contribution in [0.1, 0.15) is 11.3 Å². The van der Waals surface area contributed by atoms with E-state index in [0.717, 1.165) is 5.56 Å². The molecule has 0 unspecified atom stereocenters. The fourth-order valence-electron chi connectivity index (χ4n) is 2.00. The van der Waals surface area contributed by atoms with Crippen LogP contribution in [0.2, 0.25) is 5.02 Å². The maximum Gasteiger partial charge on any atom is 0.274 e. The number of H-pyrrole nitrogens is 1. The predicted octanol–water partition coefficient (Wildman–Crippen LogP) is 3.29. The van der Waals surface area contributed by atoms with Gasteiger partial charge in [0.1, 0.15) is 11.5 Å². The maximum absolute atomic E-state index is 12.9. The lowest BCUT2D eigenvalue weighted by Crippen LogP contribution is -2.18. The minimum absolute atomic E-state index is 0.196. The molecule has 0 atom stereocenters. The number of anilines is 2. The maximum atomic E-state index is 12.9. The van der Waals surface area contributed by atoms with Gasteiger partial charge in [0, 0.05) is 17.1 Å². The van der Waals surface area contributed by atoms with Crippen molar-refractivity contribution in [3.05, 3.63) is 81.0 Å². The van der Waals surface area contributed by atoms with E-state index in [2.05, 4.69) is 20.5 Å². The Morgan fingerprint density at radius 1 is 1.04 bits per heavy atom. The highest BCUT2D eigenvalue weighted by Gasteiger charge is 2.06. The van der Waals surface area contributed by atoms with Crippen LogP contribution in [0.3, 0.4) is 0 Å². The van der Waals surface area contributed by atoms with Gasteiger partial charge < -0.3 is 5.32 Å². The first kappa shape index (κ1) is 15.2. The number of nitrogens with one attached hydrogen (secondary N) is 2. The first-order valence-corrected chi connectivity index (χ1v) is 7.21. The molecule has 2 aromatic carbocycles. The van der Waals surface area contributed by atoms with Crippen LogP contribution in [-0.2, 0) is 6.42 Å². The third kappa shape index (κ3) is 3.92. The van der Waals surface area contributed by atoms with Gasteiger partial charge in [-0.1, -0.05) is 23.7 Å². The van der Waals surface area contributed by atoms with Crippen molar-refractivity contribution in [3.63, 3.8) is 0 Å². The van der Waals surface area contributed by atoms with Crippen LogP contribution in [0, 0.1) is 5.82 Å². The van der Waals surface area contributed by atoms with Crippen molar-refractivity contribution in [1.29, 1.82) is 0 Å². The Bertz CT molecular complexity index is 862. The lowest BCUT2D eigenvalue weighted by atomic mass is 10.1. The van der Waals surface area contributed by atoms with E-state index in [4.69, 9.17) is 11.6 Å². The molecule has 116 valence electrons. The smallest absolute Gasteiger partial charge is 0.274 e. The molecule has 0 fully saturated rings. The van der Waals surface area contributed by atoms with Crippen molar-refractivity contribution >= 4 is 23.2 Å². The summed E-state index contributed by atoms with van der Waals surface area (Å²) in [5, 5.41) is 11.4. The van der Waals surface area contributed by atoms with Gasteiger partial charge in [0.15, 0.2) is 0 Å². The second kappa shape index (κ2) is 6.58. The lowest BCUT2D eigenvalue weighted by Gasteiger charge is -2.05. The van der Waals surface area contributed by atoms with E-state index in [0.29, 0.717) is 22.8 Å². The molecule has 23 heavy (non-hydrogen) atoms. The van der Waals surface area contributed by atoms with Gasteiger partial charge in [-0.05, 0) is 42.0 Å². The average Bonchev–Trinajstić information content (AvgIpc) is 2.54. The number of rotatable bonds is 4. The molecule has 7 heteroatoms. The van der Waals surface area contributed by atoms with Crippen LogP contribution in [0.25, 0.3) is 0 Å². The summed E-state index contributed by atoms with van der Waals surface area (Å²) in [4.78, 5) is 14.7. The summed E-state index contributed by atoms with van der Waals surface area (Å²) >= 11 is 5.83. The summed E-state index contributed by atoms with van der Waals surface area (Å²) < 4.78 is 12.9. The highest BCUT2D eigenvalue weighted by molar-refractivity contribution is 6.30. The third-order valence-corrected chi connectivity index (χ3v) is 3.41. The lowest BCUT2D eigenvalue weighted by molar-refractivity contribution is 0.628. The molecule has 0 aliphatic heterocycles. The van der Waals surface area contributed by atoms with E-state index in [1.807, 2.05) is 12.1 Å². The number of hydrogen-bond donors (Lipinski definition) is 2. The Labute approximate surface area is 136 Å². The fraction of sp³-hybridized carbons (Fsp3) is 0.0625. The Hall–Kier alpha value is -2.73. The summed E-state index contributed by atoms with van der Waals surface area (Å²) in [7, 11) is 0. The van der Waals surface area contributed by atoms with Crippen molar-refractivity contribution in [2.75, 3.05) is 5.32 Å². The number of benzene rings is 2. The summed E-state index contributed by atoms with van der Waals surface area (Å²) in [6.45, 7) is 0. The largest absolute Gasteiger partial charge is 0.324 e. The Balaban J connectivity index is 1.76. The van der Waals surface area contributed by atoms with Crippen LogP contribution < -0.4 is 10.9 Å². The second-order valence-electron chi connectivity index (χ2n) is 4.88. The molecule has 1 aromatic heterocycles. The van der Waals surface area contributed by atoms with Gasteiger partial charge in [-0.15, -0.1) is 10.2 Å². The highest BCUT2D eigenvalue weighted by atomic mass is 35.5. The SMILES string of the molecule is O=c1[nH]c(Nc2ccc(F)cc2)nnc1Cc1ccc(Cl)cc1. The number of aromatic amines is 1. The van der Waals surface area contributed by atoms with Gasteiger partial charge in [0.25, 0.3) is 5.56 Å².